The van der Waals surface area contributed by atoms with E-state index in [0.29, 0.717) is 0 Å². The van der Waals surface area contributed by atoms with Crippen molar-refractivity contribution in [3.63, 3.8) is 0 Å². The molecule has 0 bridgehead atoms. The van der Waals surface area contributed by atoms with Crippen molar-refractivity contribution in [3.05, 3.63) is 30.3 Å². The van der Waals surface area contributed by atoms with E-state index in [1.807, 2.05) is 30.3 Å². The first-order valence-electron chi connectivity index (χ1n) is 3.16. The predicted octanol–water partition coefficient (Wildman–Crippen LogP) is 0.737. The number of hydrogen-bond acceptors (Lipinski definition) is 3. The molecule has 54 valence electrons. The second-order valence-electron chi connectivity index (χ2n) is 1.87. The first kappa shape index (κ1) is 7.05. The molecule has 1 aromatic rings. The molecule has 0 saturated heterocycles. The van der Waals surface area contributed by atoms with Gasteiger partial charge in [-0.2, -0.15) is 5.53 Å². The largest absolute Gasteiger partial charge is 0.308 e. The average Bonchev–Trinajstić information content (AvgIpc) is 2.03. The van der Waals surface area contributed by atoms with Gasteiger partial charge in [-0.15, -0.1) is 0 Å². The fraction of sp³-hybridized carbons (Fsp3) is 0.143. The number of rotatable bonds is 3. The van der Waals surface area contributed by atoms with E-state index in [1.54, 1.807) is 7.05 Å². The Morgan fingerprint density at radius 2 is 1.80 bits per heavy atom. The van der Waals surface area contributed by atoms with Crippen molar-refractivity contribution < 1.29 is 0 Å². The molecular formula is C7H11N3. The molecule has 0 fully saturated rings. The molecule has 0 aliphatic carbocycles. The molecule has 0 amide bonds. The van der Waals surface area contributed by atoms with Crippen LogP contribution in [0.25, 0.3) is 0 Å². The molecule has 0 radical (unpaired) electrons. The van der Waals surface area contributed by atoms with Gasteiger partial charge in [0.1, 0.15) is 0 Å². The van der Waals surface area contributed by atoms with Gasteiger partial charge in [0.25, 0.3) is 0 Å². The fourth-order valence-corrected chi connectivity index (χ4v) is 0.656. The standard InChI is InChI=1S/C7H11N3/c1-8-10-9-7-5-3-2-4-6-7/h2-6,8-10H,1H3. The minimum Gasteiger partial charge on any atom is -0.308 e. The lowest BCUT2D eigenvalue weighted by Gasteiger charge is -2.04. The normalized spacial score (nSPS) is 9.30. The molecule has 0 saturated carbocycles. The molecule has 0 aliphatic heterocycles. The summed E-state index contributed by atoms with van der Waals surface area (Å²) in [5, 5.41) is 0. The van der Waals surface area contributed by atoms with Gasteiger partial charge >= 0.3 is 0 Å². The van der Waals surface area contributed by atoms with Crippen LogP contribution in [0, 0.1) is 0 Å². The van der Waals surface area contributed by atoms with Crippen molar-refractivity contribution in [2.75, 3.05) is 12.5 Å². The Bertz CT molecular complexity index is 173. The van der Waals surface area contributed by atoms with Crippen LogP contribution in [-0.4, -0.2) is 7.05 Å². The Hall–Kier alpha value is -1.06. The van der Waals surface area contributed by atoms with Gasteiger partial charge in [0.2, 0.25) is 0 Å². The summed E-state index contributed by atoms with van der Waals surface area (Å²) in [6.45, 7) is 0. The van der Waals surface area contributed by atoms with Gasteiger partial charge < -0.3 is 5.43 Å². The van der Waals surface area contributed by atoms with Crippen molar-refractivity contribution in [1.82, 2.24) is 11.0 Å². The number of anilines is 1. The van der Waals surface area contributed by atoms with E-state index in [4.69, 9.17) is 0 Å². The Balaban J connectivity index is 2.43. The summed E-state index contributed by atoms with van der Waals surface area (Å²) in [5.41, 5.74) is 9.49. The second kappa shape index (κ2) is 3.87. The van der Waals surface area contributed by atoms with Crippen molar-refractivity contribution in [2.45, 2.75) is 0 Å². The van der Waals surface area contributed by atoms with Gasteiger partial charge in [0.15, 0.2) is 0 Å². The topological polar surface area (TPSA) is 36.1 Å². The van der Waals surface area contributed by atoms with Crippen LogP contribution in [0.4, 0.5) is 5.69 Å². The zero-order valence-corrected chi connectivity index (χ0v) is 5.89. The highest BCUT2D eigenvalue weighted by molar-refractivity contribution is 5.40. The number of hydrazine groups is 2. The second-order valence-corrected chi connectivity index (χ2v) is 1.87. The molecular weight excluding hydrogens is 126 g/mol. The number of hydrogen-bond donors (Lipinski definition) is 3. The SMILES string of the molecule is CNNNc1ccccc1. The van der Waals surface area contributed by atoms with Crippen molar-refractivity contribution in [2.24, 2.45) is 0 Å². The maximum Gasteiger partial charge on any atom is 0.0501 e. The highest BCUT2D eigenvalue weighted by Gasteiger charge is 1.82. The minimum absolute atomic E-state index is 1.04. The van der Waals surface area contributed by atoms with E-state index in [-0.39, 0.29) is 0 Å². The lowest BCUT2D eigenvalue weighted by Crippen LogP contribution is -2.33. The Kier molecular flexibility index (Phi) is 2.73. The Morgan fingerprint density at radius 3 is 2.40 bits per heavy atom. The Labute approximate surface area is 60.4 Å². The first-order valence-corrected chi connectivity index (χ1v) is 3.16. The van der Waals surface area contributed by atoms with Crippen LogP contribution in [0.15, 0.2) is 30.3 Å². The lowest BCUT2D eigenvalue weighted by molar-refractivity contribution is 0.679. The van der Waals surface area contributed by atoms with Crippen molar-refractivity contribution in [1.29, 1.82) is 0 Å². The van der Waals surface area contributed by atoms with Gasteiger partial charge in [-0.3, -0.25) is 0 Å². The van der Waals surface area contributed by atoms with E-state index < -0.39 is 0 Å². The van der Waals surface area contributed by atoms with Crippen LogP contribution in [0.3, 0.4) is 0 Å². The summed E-state index contributed by atoms with van der Waals surface area (Å²) in [7, 11) is 1.80. The monoisotopic (exact) mass is 137 g/mol. The molecule has 0 aromatic heterocycles. The summed E-state index contributed by atoms with van der Waals surface area (Å²) >= 11 is 0. The predicted molar refractivity (Wildman–Crippen MR) is 42.3 cm³/mol. The number of para-hydroxylation sites is 1. The molecule has 3 heteroatoms. The number of nitrogens with one attached hydrogen (secondary N) is 3. The maximum absolute atomic E-state index is 2.93. The van der Waals surface area contributed by atoms with Gasteiger partial charge in [-0.1, -0.05) is 18.2 Å². The van der Waals surface area contributed by atoms with Crippen molar-refractivity contribution >= 4 is 5.69 Å². The van der Waals surface area contributed by atoms with Crippen LogP contribution in [0.1, 0.15) is 0 Å². The summed E-state index contributed by atoms with van der Waals surface area (Å²) in [4.78, 5) is 0. The molecule has 1 rings (SSSR count). The molecule has 0 aliphatic rings. The van der Waals surface area contributed by atoms with Gasteiger partial charge in [-0.05, 0) is 12.1 Å². The quantitative estimate of drug-likeness (QED) is 0.538. The van der Waals surface area contributed by atoms with E-state index in [0.717, 1.165) is 5.69 Å². The number of benzene rings is 1. The van der Waals surface area contributed by atoms with Gasteiger partial charge in [0, 0.05) is 7.05 Å². The third-order valence-corrected chi connectivity index (χ3v) is 1.11. The van der Waals surface area contributed by atoms with E-state index in [9.17, 15) is 0 Å². The van der Waals surface area contributed by atoms with Crippen LogP contribution in [0.5, 0.6) is 0 Å². The Morgan fingerprint density at radius 1 is 1.10 bits per heavy atom. The molecule has 3 N–H and O–H groups in total. The molecule has 0 heterocycles. The molecule has 3 nitrogen and oxygen atoms in total. The summed E-state index contributed by atoms with van der Waals surface area (Å²) in [6, 6.07) is 9.87. The smallest absolute Gasteiger partial charge is 0.0501 e. The van der Waals surface area contributed by atoms with Crippen LogP contribution < -0.4 is 16.4 Å². The van der Waals surface area contributed by atoms with E-state index in [2.05, 4.69) is 16.4 Å². The molecule has 1 aromatic carbocycles. The maximum atomic E-state index is 2.93. The third kappa shape index (κ3) is 2.05. The van der Waals surface area contributed by atoms with Crippen molar-refractivity contribution in [3.8, 4) is 0 Å². The minimum atomic E-state index is 1.04. The summed E-state index contributed by atoms with van der Waals surface area (Å²) in [5.74, 6) is 0. The molecule has 0 atom stereocenters. The van der Waals surface area contributed by atoms with E-state index in [1.165, 1.54) is 0 Å². The van der Waals surface area contributed by atoms with E-state index >= 15 is 0 Å². The van der Waals surface area contributed by atoms with Crippen LogP contribution >= 0.6 is 0 Å². The molecule has 10 heavy (non-hydrogen) atoms. The molecule has 0 unspecified atom stereocenters. The average molecular weight is 137 g/mol. The van der Waals surface area contributed by atoms with Gasteiger partial charge in [-0.25, -0.2) is 5.43 Å². The first-order chi connectivity index (χ1) is 4.93. The summed E-state index contributed by atoms with van der Waals surface area (Å²) < 4.78 is 0. The zero-order valence-electron chi connectivity index (χ0n) is 5.89. The third-order valence-electron chi connectivity index (χ3n) is 1.11. The van der Waals surface area contributed by atoms with Crippen LogP contribution in [-0.2, 0) is 0 Å². The lowest BCUT2D eigenvalue weighted by atomic mass is 10.3. The zero-order chi connectivity index (χ0) is 7.23. The summed E-state index contributed by atoms with van der Waals surface area (Å²) in [6.07, 6.45) is 0. The fourth-order valence-electron chi connectivity index (χ4n) is 0.656. The van der Waals surface area contributed by atoms with Crippen LogP contribution in [0.2, 0.25) is 0 Å². The molecule has 0 spiro atoms. The highest BCUT2D eigenvalue weighted by Crippen LogP contribution is 2.01. The van der Waals surface area contributed by atoms with Gasteiger partial charge in [0.05, 0.1) is 5.69 Å². The highest BCUT2D eigenvalue weighted by atomic mass is 15.6.